The third kappa shape index (κ3) is 6.34. The van der Waals surface area contributed by atoms with E-state index in [9.17, 15) is 19.5 Å². The molecule has 0 spiro atoms. The number of H-pyrrole nitrogens is 1. The molecule has 214 valence electrons. The van der Waals surface area contributed by atoms with E-state index in [4.69, 9.17) is 14.2 Å². The maximum Gasteiger partial charge on any atom is 0.508 e. The van der Waals surface area contributed by atoms with Crippen molar-refractivity contribution in [2.75, 3.05) is 13.2 Å². The largest absolute Gasteiger partial charge is 0.508 e. The molecule has 0 fully saturated rings. The van der Waals surface area contributed by atoms with Crippen LogP contribution < -0.4 is 5.32 Å². The number of aliphatic hydroxyl groups is 1. The Bertz CT molecular complexity index is 1610. The number of hydrogen-bond acceptors (Lipinski definition) is 7. The van der Waals surface area contributed by atoms with Crippen LogP contribution in [0.1, 0.15) is 42.9 Å². The zero-order valence-corrected chi connectivity index (χ0v) is 23.1. The van der Waals surface area contributed by atoms with Crippen molar-refractivity contribution in [3.05, 3.63) is 84.2 Å². The summed E-state index contributed by atoms with van der Waals surface area (Å²) >= 11 is 0. The quantitative estimate of drug-likeness (QED) is 0.126. The number of aromatic nitrogens is 2. The van der Waals surface area contributed by atoms with E-state index in [0.717, 1.165) is 16.5 Å². The summed E-state index contributed by atoms with van der Waals surface area (Å²) in [5.41, 5.74) is 2.25. The third-order valence-corrected chi connectivity index (χ3v) is 6.74. The highest BCUT2D eigenvalue weighted by Gasteiger charge is 2.31. The number of rotatable bonds is 8. The lowest BCUT2D eigenvalue weighted by molar-refractivity contribution is -0.116. The molecule has 0 bridgehead atoms. The Morgan fingerprint density at radius 2 is 1.78 bits per heavy atom. The zero-order chi connectivity index (χ0) is 29.1. The van der Waals surface area contributed by atoms with Crippen LogP contribution in [-0.4, -0.2) is 63.5 Å². The van der Waals surface area contributed by atoms with Crippen LogP contribution in [0.5, 0.6) is 0 Å². The van der Waals surface area contributed by atoms with E-state index >= 15 is 0 Å². The minimum absolute atomic E-state index is 0.231. The second-order valence-electron chi connectivity index (χ2n) is 10.9. The summed E-state index contributed by atoms with van der Waals surface area (Å²) < 4.78 is 18.1. The molecule has 3 N–H and O–H groups in total. The third-order valence-electron chi connectivity index (χ3n) is 6.74. The van der Waals surface area contributed by atoms with Crippen molar-refractivity contribution in [1.82, 2.24) is 14.9 Å². The Morgan fingerprint density at radius 3 is 2.56 bits per heavy atom. The molecule has 5 rings (SSSR count). The van der Waals surface area contributed by atoms with Gasteiger partial charge in [0.2, 0.25) is 0 Å². The van der Waals surface area contributed by atoms with E-state index < -0.39 is 41.9 Å². The summed E-state index contributed by atoms with van der Waals surface area (Å²) in [6, 6.07) is 15.1. The number of nitrogens with one attached hydrogen (secondary N) is 2. The molecule has 10 heteroatoms. The number of carbonyl (C=O) groups excluding carboxylic acids is 3. The van der Waals surface area contributed by atoms with Crippen LogP contribution >= 0.6 is 0 Å². The van der Waals surface area contributed by atoms with Gasteiger partial charge in [0.1, 0.15) is 24.4 Å². The fraction of sp³-hybridized carbons (Fsp3) is 0.323. The molecule has 2 aromatic heterocycles. The molecule has 41 heavy (non-hydrogen) atoms. The van der Waals surface area contributed by atoms with Gasteiger partial charge in [-0.05, 0) is 51.0 Å². The van der Waals surface area contributed by atoms with Gasteiger partial charge >= 0.3 is 6.16 Å². The SMILES string of the molecule is CC(C)(C)OC(=O)OC[C@H]1O[C@@H](n2cc(C(=O)C(=O)NCCc3c[nH]c4ccccc34)c3ccccc32)C=C[C@H]1O. The Balaban J connectivity index is 1.28. The molecule has 0 unspecified atom stereocenters. The van der Waals surface area contributed by atoms with Crippen molar-refractivity contribution in [1.29, 1.82) is 0 Å². The number of fused-ring (bicyclic) bond motifs is 2. The summed E-state index contributed by atoms with van der Waals surface area (Å²) in [5.74, 6) is -1.37. The summed E-state index contributed by atoms with van der Waals surface area (Å²) in [6.45, 7) is 5.23. The molecule has 3 atom stereocenters. The van der Waals surface area contributed by atoms with Crippen LogP contribution in [0, 0.1) is 0 Å². The van der Waals surface area contributed by atoms with Crippen LogP contribution in [-0.2, 0) is 25.4 Å². The number of Topliss-reactive ketones (excluding diaryl/α,β-unsaturated/α-hetero) is 1. The number of ether oxygens (including phenoxy) is 3. The van der Waals surface area contributed by atoms with Gasteiger partial charge in [0.25, 0.3) is 11.7 Å². The molecule has 0 radical (unpaired) electrons. The highest BCUT2D eigenvalue weighted by molar-refractivity contribution is 6.45. The topological polar surface area (TPSA) is 132 Å². The van der Waals surface area contributed by atoms with E-state index in [2.05, 4.69) is 10.3 Å². The van der Waals surface area contributed by atoms with Gasteiger partial charge in [-0.25, -0.2) is 4.79 Å². The summed E-state index contributed by atoms with van der Waals surface area (Å²) in [6.07, 6.45) is 3.78. The van der Waals surface area contributed by atoms with Gasteiger partial charge in [-0.3, -0.25) is 9.59 Å². The van der Waals surface area contributed by atoms with E-state index in [0.29, 0.717) is 23.9 Å². The van der Waals surface area contributed by atoms with Crippen molar-refractivity contribution in [3.63, 3.8) is 0 Å². The summed E-state index contributed by atoms with van der Waals surface area (Å²) in [4.78, 5) is 41.4. The first-order chi connectivity index (χ1) is 19.6. The van der Waals surface area contributed by atoms with Gasteiger partial charge < -0.3 is 34.2 Å². The van der Waals surface area contributed by atoms with Crippen molar-refractivity contribution >= 4 is 39.7 Å². The first-order valence-corrected chi connectivity index (χ1v) is 13.5. The average molecular weight is 560 g/mol. The first kappa shape index (κ1) is 28.1. The standard InChI is InChI=1S/C31H33N3O7/c1-31(2,3)41-30(38)39-18-26-25(35)12-13-27(40-26)34-17-22(21-9-5-7-11-24(21)34)28(36)29(37)32-15-14-19-16-33-23-10-6-4-8-20(19)23/h4-13,16-17,25-27,33,35H,14-15,18H2,1-3H3,(H,32,37)/t25-,26-,27-/m1/s1. The summed E-state index contributed by atoms with van der Waals surface area (Å²) in [7, 11) is 0. The summed E-state index contributed by atoms with van der Waals surface area (Å²) in [5, 5.41) is 14.8. The number of aliphatic hydroxyl groups excluding tert-OH is 1. The molecule has 2 aromatic carbocycles. The Labute approximate surface area is 236 Å². The lowest BCUT2D eigenvalue weighted by Crippen LogP contribution is -2.38. The van der Waals surface area contributed by atoms with Crippen LogP contribution in [0.4, 0.5) is 4.79 Å². The number of hydrogen-bond donors (Lipinski definition) is 3. The minimum atomic E-state index is -1.01. The Kier molecular flexibility index (Phi) is 7.96. The van der Waals surface area contributed by atoms with Crippen molar-refractivity contribution in [2.45, 2.75) is 51.2 Å². The fourth-order valence-corrected chi connectivity index (χ4v) is 4.81. The lowest BCUT2D eigenvalue weighted by atomic mass is 10.1. The van der Waals surface area contributed by atoms with E-state index in [-0.39, 0.29) is 12.2 Å². The van der Waals surface area contributed by atoms with E-state index in [1.54, 1.807) is 55.8 Å². The van der Waals surface area contributed by atoms with Gasteiger partial charge in [-0.1, -0.05) is 42.5 Å². The maximum absolute atomic E-state index is 13.3. The van der Waals surface area contributed by atoms with Crippen LogP contribution in [0.3, 0.4) is 0 Å². The predicted octanol–water partition coefficient (Wildman–Crippen LogP) is 4.43. The molecule has 10 nitrogen and oxygen atoms in total. The number of nitrogens with zero attached hydrogens (tertiary/aromatic N) is 1. The van der Waals surface area contributed by atoms with Crippen LogP contribution in [0.15, 0.2) is 73.1 Å². The molecule has 0 saturated heterocycles. The highest BCUT2D eigenvalue weighted by Crippen LogP contribution is 2.30. The van der Waals surface area contributed by atoms with Crippen molar-refractivity contribution in [2.24, 2.45) is 0 Å². The van der Waals surface area contributed by atoms with Gasteiger partial charge in [0.15, 0.2) is 6.23 Å². The van der Waals surface area contributed by atoms with Gasteiger partial charge in [0, 0.05) is 35.2 Å². The molecule has 0 saturated carbocycles. The van der Waals surface area contributed by atoms with Gasteiger partial charge in [-0.15, -0.1) is 0 Å². The number of ketones is 1. The van der Waals surface area contributed by atoms with Gasteiger partial charge in [-0.2, -0.15) is 0 Å². The molecular formula is C31H33N3O7. The normalized spacial score (nSPS) is 18.9. The smallest absolute Gasteiger partial charge is 0.431 e. The molecule has 0 aliphatic carbocycles. The average Bonchev–Trinajstić information content (AvgIpc) is 3.53. The van der Waals surface area contributed by atoms with Crippen molar-refractivity contribution in [3.8, 4) is 0 Å². The number of aromatic amines is 1. The molecule has 1 aliphatic heterocycles. The highest BCUT2D eigenvalue weighted by atomic mass is 16.7. The van der Waals surface area contributed by atoms with E-state index in [1.165, 1.54) is 0 Å². The first-order valence-electron chi connectivity index (χ1n) is 13.5. The van der Waals surface area contributed by atoms with Gasteiger partial charge in [0.05, 0.1) is 11.1 Å². The molecule has 3 heterocycles. The zero-order valence-electron chi connectivity index (χ0n) is 23.1. The molecule has 4 aromatic rings. The van der Waals surface area contributed by atoms with Crippen LogP contribution in [0.25, 0.3) is 21.8 Å². The minimum Gasteiger partial charge on any atom is -0.431 e. The second kappa shape index (κ2) is 11.6. The second-order valence-corrected chi connectivity index (χ2v) is 10.9. The molecular weight excluding hydrogens is 526 g/mol. The Hall–Kier alpha value is -4.41. The number of benzene rings is 2. The van der Waals surface area contributed by atoms with Crippen LogP contribution in [0.2, 0.25) is 0 Å². The fourth-order valence-electron chi connectivity index (χ4n) is 4.81. The maximum atomic E-state index is 13.3. The van der Waals surface area contributed by atoms with E-state index in [1.807, 2.05) is 42.6 Å². The predicted molar refractivity (Wildman–Crippen MR) is 153 cm³/mol. The van der Waals surface area contributed by atoms with Crippen molar-refractivity contribution < 1.29 is 33.7 Å². The number of para-hydroxylation sites is 2. The lowest BCUT2D eigenvalue weighted by Gasteiger charge is -2.30. The molecule has 1 aliphatic rings. The Morgan fingerprint density at radius 1 is 1.05 bits per heavy atom. The monoisotopic (exact) mass is 559 g/mol. The number of amides is 1. The number of carbonyl (C=O) groups is 3. The molecule has 1 amide bonds.